The molecule has 4 rings (SSSR count). The molecule has 0 bridgehead atoms. The zero-order chi connectivity index (χ0) is 19.0. The van der Waals surface area contributed by atoms with E-state index in [0.717, 1.165) is 48.6 Å². The second-order valence-corrected chi connectivity index (χ2v) is 8.69. The fourth-order valence-corrected chi connectivity index (χ4v) is 5.04. The SMILES string of the molecule is CCc1sc2nc(Cl)nc(N3CCNCC3)c2c1-c1ccc(C(C)C)cc1. The first-order valence-corrected chi connectivity index (χ1v) is 10.8. The minimum Gasteiger partial charge on any atom is -0.353 e. The summed E-state index contributed by atoms with van der Waals surface area (Å²) in [5.74, 6) is 1.51. The van der Waals surface area contributed by atoms with Gasteiger partial charge in [-0.15, -0.1) is 11.3 Å². The number of hydrogen-bond donors (Lipinski definition) is 1. The van der Waals surface area contributed by atoms with Crippen molar-refractivity contribution in [3.05, 3.63) is 40.0 Å². The van der Waals surface area contributed by atoms with Gasteiger partial charge in [-0.1, -0.05) is 45.0 Å². The van der Waals surface area contributed by atoms with Crippen molar-refractivity contribution in [3.8, 4) is 11.1 Å². The molecule has 0 radical (unpaired) electrons. The Morgan fingerprint density at radius 1 is 1.15 bits per heavy atom. The van der Waals surface area contributed by atoms with E-state index in [-0.39, 0.29) is 0 Å². The fourth-order valence-electron chi connectivity index (χ4n) is 3.70. The van der Waals surface area contributed by atoms with Gasteiger partial charge >= 0.3 is 0 Å². The summed E-state index contributed by atoms with van der Waals surface area (Å²) in [6.45, 7) is 10.5. The first kappa shape index (κ1) is 18.7. The minimum absolute atomic E-state index is 0.335. The molecule has 142 valence electrons. The maximum atomic E-state index is 6.29. The summed E-state index contributed by atoms with van der Waals surface area (Å²) >= 11 is 8.04. The second kappa shape index (κ2) is 7.74. The van der Waals surface area contributed by atoms with Gasteiger partial charge < -0.3 is 10.2 Å². The Kier molecular flexibility index (Phi) is 5.35. The van der Waals surface area contributed by atoms with Crippen LogP contribution < -0.4 is 10.2 Å². The number of aryl methyl sites for hydroxylation is 1. The molecule has 1 N–H and O–H groups in total. The van der Waals surface area contributed by atoms with E-state index in [9.17, 15) is 0 Å². The Bertz CT molecular complexity index is 943. The summed E-state index contributed by atoms with van der Waals surface area (Å²) in [5.41, 5.74) is 3.88. The van der Waals surface area contributed by atoms with Gasteiger partial charge in [0, 0.05) is 36.6 Å². The lowest BCUT2D eigenvalue weighted by Gasteiger charge is -2.29. The van der Waals surface area contributed by atoms with Crippen LogP contribution in [0, 0.1) is 0 Å². The van der Waals surface area contributed by atoms with Crippen LogP contribution in [0.15, 0.2) is 24.3 Å². The van der Waals surface area contributed by atoms with Crippen molar-refractivity contribution in [2.24, 2.45) is 0 Å². The molecule has 0 saturated carbocycles. The maximum absolute atomic E-state index is 6.29. The van der Waals surface area contributed by atoms with Gasteiger partial charge in [0.15, 0.2) is 0 Å². The quantitative estimate of drug-likeness (QED) is 0.618. The first-order chi connectivity index (χ1) is 13.1. The number of fused-ring (bicyclic) bond motifs is 1. The summed E-state index contributed by atoms with van der Waals surface area (Å²) in [6.07, 6.45) is 0.973. The number of halogens is 1. The zero-order valence-electron chi connectivity index (χ0n) is 16.1. The number of anilines is 1. The van der Waals surface area contributed by atoms with Crippen LogP contribution in [-0.4, -0.2) is 36.1 Å². The first-order valence-electron chi connectivity index (χ1n) is 9.63. The Labute approximate surface area is 169 Å². The Hall–Kier alpha value is -1.69. The van der Waals surface area contributed by atoms with Crippen LogP contribution in [0.1, 0.15) is 37.1 Å². The van der Waals surface area contributed by atoms with Crippen molar-refractivity contribution in [1.82, 2.24) is 15.3 Å². The molecule has 3 aromatic rings. The molecule has 3 heterocycles. The molecule has 1 aliphatic rings. The average Bonchev–Trinajstić information content (AvgIpc) is 3.06. The maximum Gasteiger partial charge on any atom is 0.225 e. The summed E-state index contributed by atoms with van der Waals surface area (Å²) in [7, 11) is 0. The van der Waals surface area contributed by atoms with Crippen LogP contribution in [0.25, 0.3) is 21.3 Å². The highest BCUT2D eigenvalue weighted by Crippen LogP contribution is 2.43. The molecule has 27 heavy (non-hydrogen) atoms. The van der Waals surface area contributed by atoms with Gasteiger partial charge in [0.1, 0.15) is 10.6 Å². The summed E-state index contributed by atoms with van der Waals surface area (Å²) in [4.78, 5) is 13.9. The molecule has 0 amide bonds. The Morgan fingerprint density at radius 3 is 2.48 bits per heavy atom. The van der Waals surface area contributed by atoms with Crippen molar-refractivity contribution in [2.45, 2.75) is 33.1 Å². The summed E-state index contributed by atoms with van der Waals surface area (Å²) < 4.78 is 0. The van der Waals surface area contributed by atoms with Crippen molar-refractivity contribution < 1.29 is 0 Å². The summed E-state index contributed by atoms with van der Waals surface area (Å²) in [6, 6.07) is 8.96. The average molecular weight is 401 g/mol. The third-order valence-corrected chi connectivity index (χ3v) is 6.58. The monoisotopic (exact) mass is 400 g/mol. The molecular weight excluding hydrogens is 376 g/mol. The normalized spacial score (nSPS) is 15.1. The molecule has 1 aromatic carbocycles. The van der Waals surface area contributed by atoms with Crippen molar-refractivity contribution in [2.75, 3.05) is 31.1 Å². The van der Waals surface area contributed by atoms with Gasteiger partial charge in [-0.2, -0.15) is 4.98 Å². The van der Waals surface area contributed by atoms with E-state index in [0.29, 0.717) is 11.2 Å². The second-order valence-electron chi connectivity index (χ2n) is 7.26. The highest BCUT2D eigenvalue weighted by atomic mass is 35.5. The molecule has 1 aliphatic heterocycles. The van der Waals surface area contributed by atoms with Gasteiger partial charge in [0.2, 0.25) is 5.28 Å². The highest BCUT2D eigenvalue weighted by Gasteiger charge is 2.23. The van der Waals surface area contributed by atoms with Crippen LogP contribution in [0.3, 0.4) is 0 Å². The molecule has 0 unspecified atom stereocenters. The van der Waals surface area contributed by atoms with Gasteiger partial charge in [0.05, 0.1) is 5.39 Å². The lowest BCUT2D eigenvalue weighted by Crippen LogP contribution is -2.44. The topological polar surface area (TPSA) is 41.1 Å². The third kappa shape index (κ3) is 3.56. The van der Waals surface area contributed by atoms with Crippen LogP contribution >= 0.6 is 22.9 Å². The van der Waals surface area contributed by atoms with Gasteiger partial charge in [0.25, 0.3) is 0 Å². The summed E-state index contributed by atoms with van der Waals surface area (Å²) in [5, 5.41) is 4.90. The lowest BCUT2D eigenvalue weighted by molar-refractivity contribution is 0.586. The van der Waals surface area contributed by atoms with Crippen molar-refractivity contribution in [3.63, 3.8) is 0 Å². The largest absolute Gasteiger partial charge is 0.353 e. The molecule has 4 nitrogen and oxygen atoms in total. The molecule has 0 atom stereocenters. The van der Waals surface area contributed by atoms with E-state index >= 15 is 0 Å². The van der Waals surface area contributed by atoms with E-state index in [4.69, 9.17) is 11.6 Å². The number of nitrogens with zero attached hydrogens (tertiary/aromatic N) is 3. The molecular formula is C21H25ClN4S. The van der Waals surface area contributed by atoms with E-state index in [1.807, 2.05) is 0 Å². The van der Waals surface area contributed by atoms with Gasteiger partial charge in [-0.05, 0) is 35.1 Å². The van der Waals surface area contributed by atoms with Crippen molar-refractivity contribution >= 4 is 39.0 Å². The van der Waals surface area contributed by atoms with Crippen LogP contribution in [0.2, 0.25) is 5.28 Å². The van der Waals surface area contributed by atoms with Gasteiger partial charge in [-0.25, -0.2) is 4.98 Å². The van der Waals surface area contributed by atoms with Crippen LogP contribution in [0.4, 0.5) is 5.82 Å². The third-order valence-electron chi connectivity index (χ3n) is 5.18. The van der Waals surface area contributed by atoms with Crippen LogP contribution in [0.5, 0.6) is 0 Å². The molecule has 0 spiro atoms. The number of thiophene rings is 1. The van der Waals surface area contributed by atoms with Crippen LogP contribution in [-0.2, 0) is 6.42 Å². The number of hydrogen-bond acceptors (Lipinski definition) is 5. The standard InChI is InChI=1S/C21H25ClN4S/c1-4-16-17(15-7-5-14(6-8-15)13(2)3)18-19(26-11-9-23-10-12-26)24-21(22)25-20(18)27-16/h5-8,13,23H,4,9-12H2,1-3H3. The lowest BCUT2D eigenvalue weighted by atomic mass is 9.97. The zero-order valence-corrected chi connectivity index (χ0v) is 17.6. The van der Waals surface area contributed by atoms with Crippen molar-refractivity contribution in [1.29, 1.82) is 0 Å². The van der Waals surface area contributed by atoms with Gasteiger partial charge in [-0.3, -0.25) is 0 Å². The van der Waals surface area contributed by atoms with E-state index in [1.165, 1.54) is 21.6 Å². The number of piperazine rings is 1. The Balaban J connectivity index is 1.92. The van der Waals surface area contributed by atoms with E-state index in [1.54, 1.807) is 11.3 Å². The molecule has 6 heteroatoms. The molecule has 1 fully saturated rings. The predicted molar refractivity (Wildman–Crippen MR) is 116 cm³/mol. The highest BCUT2D eigenvalue weighted by molar-refractivity contribution is 7.19. The number of nitrogens with one attached hydrogen (secondary N) is 1. The predicted octanol–water partition coefficient (Wildman–Crippen LogP) is 5.11. The molecule has 0 aliphatic carbocycles. The van der Waals surface area contributed by atoms with E-state index in [2.05, 4.69) is 65.2 Å². The molecule has 1 saturated heterocycles. The number of rotatable bonds is 4. The molecule has 2 aromatic heterocycles. The number of benzene rings is 1. The Morgan fingerprint density at radius 2 is 1.85 bits per heavy atom. The smallest absolute Gasteiger partial charge is 0.225 e. The number of aromatic nitrogens is 2. The fraction of sp³-hybridized carbons (Fsp3) is 0.429. The minimum atomic E-state index is 0.335. The van der Waals surface area contributed by atoms with E-state index < -0.39 is 0 Å².